The van der Waals surface area contributed by atoms with Crippen LogP contribution in [0.4, 0.5) is 18.9 Å². The second kappa shape index (κ2) is 10.5. The minimum absolute atomic E-state index is 0.157. The molecule has 2 aromatic heterocycles. The van der Waals surface area contributed by atoms with Gasteiger partial charge in [0.15, 0.2) is 0 Å². The summed E-state index contributed by atoms with van der Waals surface area (Å²) in [5, 5.41) is 15.3. The fourth-order valence-electron chi connectivity index (χ4n) is 4.34. The van der Waals surface area contributed by atoms with Crippen molar-refractivity contribution in [2.75, 3.05) is 37.6 Å². The number of anilines is 1. The average molecular weight is 498 g/mol. The van der Waals surface area contributed by atoms with Crippen LogP contribution in [-0.4, -0.2) is 62.8 Å². The molecule has 3 heterocycles. The third-order valence-electron chi connectivity index (χ3n) is 6.22. The summed E-state index contributed by atoms with van der Waals surface area (Å²) in [6.07, 6.45) is 0.0621. The average Bonchev–Trinajstić information content (AvgIpc) is 3.57. The number of benzene rings is 2. The van der Waals surface area contributed by atoms with Crippen molar-refractivity contribution in [1.82, 2.24) is 30.1 Å². The van der Waals surface area contributed by atoms with Crippen molar-refractivity contribution < 1.29 is 17.6 Å². The van der Waals surface area contributed by atoms with Crippen LogP contribution in [-0.2, 0) is 6.54 Å². The Morgan fingerprint density at radius 1 is 0.972 bits per heavy atom. The zero-order valence-electron chi connectivity index (χ0n) is 19.8. The number of piperazine rings is 1. The van der Waals surface area contributed by atoms with E-state index in [2.05, 4.69) is 49.4 Å². The van der Waals surface area contributed by atoms with Gasteiger partial charge in [-0.3, -0.25) is 4.90 Å². The lowest BCUT2D eigenvalue weighted by atomic mass is 10.1. The Morgan fingerprint density at radius 2 is 1.81 bits per heavy atom. The summed E-state index contributed by atoms with van der Waals surface area (Å²) in [5.74, 6) is -1.50. The van der Waals surface area contributed by atoms with Gasteiger partial charge in [-0.25, -0.2) is 9.07 Å². The molecule has 0 saturated carbocycles. The Labute approximate surface area is 206 Å². The highest BCUT2D eigenvalue weighted by atomic mass is 19.3. The predicted molar refractivity (Wildman–Crippen MR) is 128 cm³/mol. The third-order valence-corrected chi connectivity index (χ3v) is 6.22. The minimum Gasteiger partial charge on any atom is -0.415 e. The number of alkyl halides is 2. The van der Waals surface area contributed by atoms with Crippen LogP contribution < -0.4 is 4.90 Å². The first-order valence-electron chi connectivity index (χ1n) is 11.9. The number of rotatable bonds is 8. The molecule has 1 fully saturated rings. The Hall–Kier alpha value is -3.73. The van der Waals surface area contributed by atoms with Crippen molar-refractivity contribution in [2.24, 2.45) is 0 Å². The molecule has 11 heteroatoms. The summed E-state index contributed by atoms with van der Waals surface area (Å²) in [6.45, 7) is 7.57. The van der Waals surface area contributed by atoms with Crippen molar-refractivity contribution in [3.05, 3.63) is 65.9 Å². The Morgan fingerprint density at radius 3 is 2.53 bits per heavy atom. The molecule has 36 heavy (non-hydrogen) atoms. The molecule has 188 valence electrons. The smallest absolute Gasteiger partial charge is 0.314 e. The summed E-state index contributed by atoms with van der Waals surface area (Å²) in [6, 6.07) is 12.5. The Kier molecular flexibility index (Phi) is 6.99. The molecule has 4 aromatic rings. The van der Waals surface area contributed by atoms with E-state index in [4.69, 9.17) is 4.42 Å². The van der Waals surface area contributed by atoms with Crippen LogP contribution in [0.25, 0.3) is 22.7 Å². The van der Waals surface area contributed by atoms with Crippen LogP contribution in [0.15, 0.2) is 53.1 Å². The van der Waals surface area contributed by atoms with Crippen LogP contribution in [0.1, 0.15) is 31.2 Å². The van der Waals surface area contributed by atoms with Gasteiger partial charge in [-0.2, -0.15) is 8.78 Å². The molecule has 1 saturated heterocycles. The lowest BCUT2D eigenvalue weighted by Gasteiger charge is -2.36. The van der Waals surface area contributed by atoms with Gasteiger partial charge in [0, 0.05) is 48.6 Å². The zero-order valence-corrected chi connectivity index (χ0v) is 19.8. The van der Waals surface area contributed by atoms with Crippen molar-refractivity contribution in [2.45, 2.75) is 26.3 Å². The summed E-state index contributed by atoms with van der Waals surface area (Å²) >= 11 is 0. The fourth-order valence-corrected chi connectivity index (χ4v) is 4.34. The van der Waals surface area contributed by atoms with E-state index in [0.717, 1.165) is 44.0 Å². The highest BCUT2D eigenvalue weighted by molar-refractivity contribution is 5.65. The first-order chi connectivity index (χ1) is 17.5. The summed E-state index contributed by atoms with van der Waals surface area (Å²) in [7, 11) is 0. The Bertz CT molecular complexity index is 1310. The first-order valence-corrected chi connectivity index (χ1v) is 11.9. The zero-order chi connectivity index (χ0) is 25.1. The summed E-state index contributed by atoms with van der Waals surface area (Å²) in [4.78, 5) is 4.87. The van der Waals surface area contributed by atoms with Gasteiger partial charge in [0.25, 0.3) is 5.89 Å². The third kappa shape index (κ3) is 5.25. The lowest BCUT2D eigenvalue weighted by Crippen LogP contribution is -2.46. The SMILES string of the molecule is CCCN1CCN(c2cccc(-c3cn(Cc4ccc(-c5nnc(C(F)F)o5)cc4F)nn3)c2)CC1. The fraction of sp³-hybridized carbons (Fsp3) is 0.360. The van der Waals surface area contributed by atoms with Gasteiger partial charge in [-0.05, 0) is 37.2 Å². The molecular weight excluding hydrogens is 471 g/mol. The van der Waals surface area contributed by atoms with E-state index in [-0.39, 0.29) is 18.0 Å². The van der Waals surface area contributed by atoms with Crippen molar-refractivity contribution in [3.63, 3.8) is 0 Å². The number of hydrogen-bond acceptors (Lipinski definition) is 7. The van der Waals surface area contributed by atoms with Crippen molar-refractivity contribution in [1.29, 1.82) is 0 Å². The van der Waals surface area contributed by atoms with Gasteiger partial charge in [0.05, 0.1) is 12.7 Å². The van der Waals surface area contributed by atoms with Gasteiger partial charge in [0.2, 0.25) is 5.89 Å². The molecule has 0 unspecified atom stereocenters. The van der Waals surface area contributed by atoms with E-state index in [1.807, 2.05) is 12.1 Å². The van der Waals surface area contributed by atoms with Crippen LogP contribution >= 0.6 is 0 Å². The molecule has 2 aromatic carbocycles. The second-order valence-corrected chi connectivity index (χ2v) is 8.73. The van der Waals surface area contributed by atoms with Crippen LogP contribution in [0.2, 0.25) is 0 Å². The van der Waals surface area contributed by atoms with Gasteiger partial charge in [0.1, 0.15) is 11.5 Å². The Balaban J connectivity index is 1.27. The maximum atomic E-state index is 14.7. The van der Waals surface area contributed by atoms with E-state index in [1.54, 1.807) is 16.9 Å². The standard InChI is InChI=1S/C25H26F3N7O/c1-2-8-33-9-11-34(12-10-33)20-5-3-4-17(13-20)22-16-35(32-29-22)15-19-7-6-18(14-21(19)26)24-30-31-25(36-24)23(27)28/h3-7,13-14,16,23H,2,8-12,15H2,1H3. The summed E-state index contributed by atoms with van der Waals surface area (Å²) < 4.78 is 46.5. The van der Waals surface area contributed by atoms with E-state index in [0.29, 0.717) is 11.3 Å². The maximum absolute atomic E-state index is 14.7. The molecule has 5 rings (SSSR count). The summed E-state index contributed by atoms with van der Waals surface area (Å²) in [5.41, 5.74) is 3.38. The highest BCUT2D eigenvalue weighted by Gasteiger charge is 2.19. The van der Waals surface area contributed by atoms with Crippen LogP contribution in [0, 0.1) is 5.82 Å². The van der Waals surface area contributed by atoms with E-state index < -0.39 is 18.1 Å². The first kappa shape index (κ1) is 24.0. The van der Waals surface area contributed by atoms with E-state index >= 15 is 0 Å². The molecular formula is C25H26F3N7O. The van der Waals surface area contributed by atoms with E-state index in [1.165, 1.54) is 18.6 Å². The minimum atomic E-state index is -2.88. The molecule has 0 atom stereocenters. The van der Waals surface area contributed by atoms with Crippen LogP contribution in [0.5, 0.6) is 0 Å². The molecule has 0 aliphatic carbocycles. The van der Waals surface area contributed by atoms with Gasteiger partial charge < -0.3 is 9.32 Å². The van der Waals surface area contributed by atoms with Gasteiger partial charge in [-0.1, -0.05) is 30.3 Å². The molecule has 0 radical (unpaired) electrons. The topological polar surface area (TPSA) is 76.1 Å². The van der Waals surface area contributed by atoms with Crippen molar-refractivity contribution >= 4 is 5.69 Å². The van der Waals surface area contributed by atoms with Gasteiger partial charge in [-0.15, -0.1) is 15.3 Å². The molecule has 1 aliphatic rings. The molecule has 0 bridgehead atoms. The quantitative estimate of drug-likeness (QED) is 0.351. The number of nitrogens with zero attached hydrogens (tertiary/aromatic N) is 7. The van der Waals surface area contributed by atoms with Crippen LogP contribution in [0.3, 0.4) is 0 Å². The molecule has 0 spiro atoms. The monoisotopic (exact) mass is 497 g/mol. The number of aromatic nitrogens is 5. The number of halogens is 3. The molecule has 8 nitrogen and oxygen atoms in total. The largest absolute Gasteiger partial charge is 0.415 e. The van der Waals surface area contributed by atoms with E-state index in [9.17, 15) is 13.2 Å². The second-order valence-electron chi connectivity index (χ2n) is 8.73. The van der Waals surface area contributed by atoms with Crippen molar-refractivity contribution in [3.8, 4) is 22.7 Å². The molecule has 0 N–H and O–H groups in total. The lowest BCUT2D eigenvalue weighted by molar-refractivity contribution is 0.116. The number of hydrogen-bond donors (Lipinski definition) is 0. The predicted octanol–water partition coefficient (Wildman–Crippen LogP) is 4.65. The maximum Gasteiger partial charge on any atom is 0.314 e. The normalized spacial score (nSPS) is 14.6. The molecule has 1 aliphatic heterocycles. The van der Waals surface area contributed by atoms with Gasteiger partial charge >= 0.3 is 6.43 Å². The highest BCUT2D eigenvalue weighted by Crippen LogP contribution is 2.26. The molecule has 0 amide bonds.